The Balaban J connectivity index is 2.02. The number of piperidine rings is 1. The Morgan fingerprint density at radius 1 is 1.50 bits per heavy atom. The lowest BCUT2D eigenvalue weighted by Crippen LogP contribution is -2.36. The second kappa shape index (κ2) is 5.02. The molecule has 0 radical (unpaired) electrons. The van der Waals surface area contributed by atoms with Gasteiger partial charge in [0, 0.05) is 18.2 Å². The molecule has 2 heterocycles. The molecule has 1 aliphatic rings. The SMILES string of the molecule is Cc1oc(CN2CCCCC2C)cc1CN. The summed E-state index contributed by atoms with van der Waals surface area (Å²) in [6, 6.07) is 2.79. The smallest absolute Gasteiger partial charge is 0.118 e. The number of aryl methyl sites for hydroxylation is 1. The van der Waals surface area contributed by atoms with Gasteiger partial charge in [0.1, 0.15) is 11.5 Å². The number of nitrogens with zero attached hydrogens (tertiary/aromatic N) is 1. The standard InChI is InChI=1S/C13H22N2O/c1-10-5-3-4-6-15(10)9-13-7-12(8-14)11(2)16-13/h7,10H,3-6,8-9,14H2,1-2H3. The number of rotatable bonds is 3. The first-order chi connectivity index (χ1) is 7.70. The molecule has 1 aliphatic heterocycles. The lowest BCUT2D eigenvalue weighted by atomic mass is 10.0. The van der Waals surface area contributed by atoms with Crippen molar-refractivity contribution in [2.75, 3.05) is 6.54 Å². The molecule has 0 aliphatic carbocycles. The normalized spacial score (nSPS) is 22.6. The molecule has 0 aromatic carbocycles. The van der Waals surface area contributed by atoms with E-state index in [0.717, 1.165) is 23.6 Å². The van der Waals surface area contributed by atoms with Gasteiger partial charge >= 0.3 is 0 Å². The van der Waals surface area contributed by atoms with E-state index in [1.165, 1.54) is 25.8 Å². The van der Waals surface area contributed by atoms with E-state index in [9.17, 15) is 0 Å². The average molecular weight is 222 g/mol. The minimum atomic E-state index is 0.574. The van der Waals surface area contributed by atoms with Gasteiger partial charge in [-0.1, -0.05) is 6.42 Å². The van der Waals surface area contributed by atoms with Crippen LogP contribution in [0.4, 0.5) is 0 Å². The molecule has 3 heteroatoms. The van der Waals surface area contributed by atoms with Gasteiger partial charge in [-0.05, 0) is 39.3 Å². The second-order valence-electron chi connectivity index (χ2n) is 4.81. The summed E-state index contributed by atoms with van der Waals surface area (Å²) in [4.78, 5) is 2.50. The van der Waals surface area contributed by atoms with Crippen LogP contribution < -0.4 is 5.73 Å². The van der Waals surface area contributed by atoms with Gasteiger partial charge in [-0.15, -0.1) is 0 Å². The molecule has 2 N–H and O–H groups in total. The summed E-state index contributed by atoms with van der Waals surface area (Å²) in [5, 5.41) is 0. The van der Waals surface area contributed by atoms with Crippen molar-refractivity contribution in [1.82, 2.24) is 4.90 Å². The molecule has 1 aromatic rings. The van der Waals surface area contributed by atoms with Crippen molar-refractivity contribution in [3.05, 3.63) is 23.2 Å². The summed E-state index contributed by atoms with van der Waals surface area (Å²) < 4.78 is 5.73. The molecular weight excluding hydrogens is 200 g/mol. The number of nitrogens with two attached hydrogens (primary N) is 1. The van der Waals surface area contributed by atoms with Crippen LogP contribution >= 0.6 is 0 Å². The molecular formula is C13H22N2O. The summed E-state index contributed by atoms with van der Waals surface area (Å²) in [5.74, 6) is 2.04. The van der Waals surface area contributed by atoms with Gasteiger partial charge in [0.2, 0.25) is 0 Å². The highest BCUT2D eigenvalue weighted by molar-refractivity contribution is 5.20. The van der Waals surface area contributed by atoms with E-state index in [-0.39, 0.29) is 0 Å². The van der Waals surface area contributed by atoms with E-state index < -0.39 is 0 Å². The van der Waals surface area contributed by atoms with Crippen LogP contribution in [0.25, 0.3) is 0 Å². The maximum absolute atomic E-state index is 5.73. The molecule has 0 saturated carbocycles. The second-order valence-corrected chi connectivity index (χ2v) is 4.81. The zero-order valence-electron chi connectivity index (χ0n) is 10.3. The monoisotopic (exact) mass is 222 g/mol. The topological polar surface area (TPSA) is 42.4 Å². The first kappa shape index (κ1) is 11.7. The Kier molecular flexibility index (Phi) is 3.66. The van der Waals surface area contributed by atoms with E-state index in [1.54, 1.807) is 0 Å². The van der Waals surface area contributed by atoms with Crippen LogP contribution in [0.1, 0.15) is 43.3 Å². The number of furan rings is 1. The minimum Gasteiger partial charge on any atom is -0.465 e. The van der Waals surface area contributed by atoms with Crippen molar-refractivity contribution in [3.63, 3.8) is 0 Å². The van der Waals surface area contributed by atoms with Gasteiger partial charge in [0.05, 0.1) is 6.54 Å². The third-order valence-corrected chi connectivity index (χ3v) is 3.59. The fourth-order valence-corrected chi connectivity index (χ4v) is 2.46. The molecule has 2 rings (SSSR count). The van der Waals surface area contributed by atoms with Crippen LogP contribution in [-0.4, -0.2) is 17.5 Å². The summed E-state index contributed by atoms with van der Waals surface area (Å²) in [5.41, 5.74) is 6.79. The maximum atomic E-state index is 5.73. The number of likely N-dealkylation sites (tertiary alicyclic amines) is 1. The summed E-state index contributed by atoms with van der Waals surface area (Å²) in [6.07, 6.45) is 3.99. The van der Waals surface area contributed by atoms with Gasteiger partial charge in [-0.25, -0.2) is 0 Å². The highest BCUT2D eigenvalue weighted by Crippen LogP contribution is 2.21. The van der Waals surface area contributed by atoms with Gasteiger partial charge < -0.3 is 10.2 Å². The Labute approximate surface area is 97.6 Å². The predicted octanol–water partition coefficient (Wildman–Crippen LogP) is 2.42. The van der Waals surface area contributed by atoms with Gasteiger partial charge in [-0.2, -0.15) is 0 Å². The van der Waals surface area contributed by atoms with Gasteiger partial charge in [-0.3, -0.25) is 4.90 Å². The lowest BCUT2D eigenvalue weighted by Gasteiger charge is -2.32. The summed E-state index contributed by atoms with van der Waals surface area (Å²) in [7, 11) is 0. The van der Waals surface area contributed by atoms with Crippen molar-refractivity contribution >= 4 is 0 Å². The Morgan fingerprint density at radius 2 is 2.31 bits per heavy atom. The molecule has 1 unspecified atom stereocenters. The largest absolute Gasteiger partial charge is 0.465 e. The molecule has 1 saturated heterocycles. The Morgan fingerprint density at radius 3 is 2.94 bits per heavy atom. The van der Waals surface area contributed by atoms with Gasteiger partial charge in [0.25, 0.3) is 0 Å². The first-order valence-corrected chi connectivity index (χ1v) is 6.23. The van der Waals surface area contributed by atoms with E-state index in [0.29, 0.717) is 12.6 Å². The molecule has 1 atom stereocenters. The van der Waals surface area contributed by atoms with E-state index >= 15 is 0 Å². The number of hydrogen-bond donors (Lipinski definition) is 1. The molecule has 0 amide bonds. The highest BCUT2D eigenvalue weighted by Gasteiger charge is 2.19. The van der Waals surface area contributed by atoms with Crippen LogP contribution in [0.5, 0.6) is 0 Å². The molecule has 90 valence electrons. The van der Waals surface area contributed by atoms with E-state index in [4.69, 9.17) is 10.2 Å². The quantitative estimate of drug-likeness (QED) is 0.854. The van der Waals surface area contributed by atoms with Crippen molar-refractivity contribution in [2.24, 2.45) is 5.73 Å². The third-order valence-electron chi connectivity index (χ3n) is 3.59. The summed E-state index contributed by atoms with van der Waals surface area (Å²) >= 11 is 0. The van der Waals surface area contributed by atoms with Crippen molar-refractivity contribution in [3.8, 4) is 0 Å². The van der Waals surface area contributed by atoms with Crippen LogP contribution in [0.3, 0.4) is 0 Å². The maximum Gasteiger partial charge on any atom is 0.118 e. The van der Waals surface area contributed by atoms with Gasteiger partial charge in [0.15, 0.2) is 0 Å². The van der Waals surface area contributed by atoms with Crippen LogP contribution in [0, 0.1) is 6.92 Å². The van der Waals surface area contributed by atoms with Crippen LogP contribution in [0.2, 0.25) is 0 Å². The molecule has 0 spiro atoms. The first-order valence-electron chi connectivity index (χ1n) is 6.23. The molecule has 3 nitrogen and oxygen atoms in total. The van der Waals surface area contributed by atoms with E-state index in [2.05, 4.69) is 17.9 Å². The molecule has 16 heavy (non-hydrogen) atoms. The average Bonchev–Trinajstić information content (AvgIpc) is 2.62. The summed E-state index contributed by atoms with van der Waals surface area (Å²) in [6.45, 7) is 7.00. The highest BCUT2D eigenvalue weighted by atomic mass is 16.3. The van der Waals surface area contributed by atoms with E-state index in [1.807, 2.05) is 6.92 Å². The number of hydrogen-bond acceptors (Lipinski definition) is 3. The zero-order valence-corrected chi connectivity index (χ0v) is 10.3. The third kappa shape index (κ3) is 2.47. The molecule has 1 aromatic heterocycles. The molecule has 0 bridgehead atoms. The fraction of sp³-hybridized carbons (Fsp3) is 0.692. The van der Waals surface area contributed by atoms with Crippen molar-refractivity contribution in [1.29, 1.82) is 0 Å². The Bertz CT molecular complexity index is 346. The predicted molar refractivity (Wildman–Crippen MR) is 65.1 cm³/mol. The van der Waals surface area contributed by atoms with Crippen LogP contribution in [0.15, 0.2) is 10.5 Å². The van der Waals surface area contributed by atoms with Crippen molar-refractivity contribution < 1.29 is 4.42 Å². The minimum absolute atomic E-state index is 0.574. The Hall–Kier alpha value is -0.800. The fourth-order valence-electron chi connectivity index (χ4n) is 2.46. The lowest BCUT2D eigenvalue weighted by molar-refractivity contribution is 0.141. The molecule has 1 fully saturated rings. The van der Waals surface area contributed by atoms with Crippen molar-refractivity contribution in [2.45, 2.75) is 52.2 Å². The zero-order chi connectivity index (χ0) is 11.5. The van der Waals surface area contributed by atoms with Crippen LogP contribution in [-0.2, 0) is 13.1 Å².